The van der Waals surface area contributed by atoms with Crippen LogP contribution in [0.5, 0.6) is 0 Å². The maximum absolute atomic E-state index is 11.8. The average Bonchev–Trinajstić information content (AvgIpc) is 2.36. The first-order valence-electron chi connectivity index (χ1n) is 6.81. The fourth-order valence-corrected chi connectivity index (χ4v) is 3.14. The molecule has 1 aromatic rings. The molecule has 0 heterocycles. The summed E-state index contributed by atoms with van der Waals surface area (Å²) in [6.07, 6.45) is 6.46. The van der Waals surface area contributed by atoms with Gasteiger partial charge in [-0.2, -0.15) is 0 Å². The summed E-state index contributed by atoms with van der Waals surface area (Å²) in [7, 11) is -3.22. The van der Waals surface area contributed by atoms with Crippen molar-refractivity contribution in [3.05, 3.63) is 24.3 Å². The van der Waals surface area contributed by atoms with E-state index in [0.717, 1.165) is 19.3 Å². The lowest BCUT2D eigenvalue weighted by atomic mass is 10.1. The van der Waals surface area contributed by atoms with Crippen LogP contribution in [0.1, 0.15) is 45.4 Å². The number of anilines is 1. The molecule has 0 fully saturated rings. The van der Waals surface area contributed by atoms with Crippen molar-refractivity contribution >= 4 is 28.3 Å². The van der Waals surface area contributed by atoms with E-state index in [9.17, 15) is 8.42 Å². The zero-order valence-electron chi connectivity index (χ0n) is 11.4. The van der Waals surface area contributed by atoms with Gasteiger partial charge in [-0.1, -0.05) is 51.7 Å². The molecule has 0 atom stereocenters. The van der Waals surface area contributed by atoms with Gasteiger partial charge in [-0.15, -0.1) is 0 Å². The van der Waals surface area contributed by atoms with Crippen molar-refractivity contribution < 1.29 is 8.42 Å². The molecule has 0 saturated heterocycles. The first-order chi connectivity index (χ1) is 9.03. The molecule has 1 aromatic carbocycles. The van der Waals surface area contributed by atoms with Gasteiger partial charge in [0.05, 0.1) is 5.75 Å². The zero-order chi connectivity index (χ0) is 14.1. The molecular weight excluding hydrogens is 278 g/mol. The number of benzene rings is 1. The van der Waals surface area contributed by atoms with Crippen LogP contribution in [0.25, 0.3) is 0 Å². The molecule has 0 aliphatic carbocycles. The van der Waals surface area contributed by atoms with E-state index in [2.05, 4.69) is 11.6 Å². The minimum Gasteiger partial charge on any atom is -0.284 e. The number of hydrogen-bond donors (Lipinski definition) is 1. The standard InChI is InChI=1S/C14H22NO2S2/c1-2-3-4-5-6-7-12-19(16,17)15-13-8-10-14(18)11-9-13/h8-11,15H,2-7,12H2,1H3. The maximum Gasteiger partial charge on any atom is 0.232 e. The van der Waals surface area contributed by atoms with Gasteiger partial charge in [0, 0.05) is 10.6 Å². The second-order valence-electron chi connectivity index (χ2n) is 4.71. The van der Waals surface area contributed by atoms with E-state index in [-0.39, 0.29) is 5.75 Å². The van der Waals surface area contributed by atoms with Gasteiger partial charge in [-0.25, -0.2) is 8.42 Å². The Morgan fingerprint density at radius 1 is 1.00 bits per heavy atom. The predicted molar refractivity (Wildman–Crippen MR) is 83.1 cm³/mol. The fraction of sp³-hybridized carbons (Fsp3) is 0.571. The molecule has 0 aliphatic rings. The minimum atomic E-state index is -3.22. The van der Waals surface area contributed by atoms with Crippen molar-refractivity contribution in [2.24, 2.45) is 0 Å². The third kappa shape index (κ3) is 7.38. The Morgan fingerprint density at radius 3 is 2.21 bits per heavy atom. The Morgan fingerprint density at radius 2 is 1.58 bits per heavy atom. The van der Waals surface area contributed by atoms with Gasteiger partial charge in [0.2, 0.25) is 10.0 Å². The molecule has 0 aliphatic heterocycles. The number of rotatable bonds is 9. The summed E-state index contributed by atoms with van der Waals surface area (Å²) < 4.78 is 26.2. The van der Waals surface area contributed by atoms with Gasteiger partial charge in [0.1, 0.15) is 0 Å². The smallest absolute Gasteiger partial charge is 0.232 e. The van der Waals surface area contributed by atoms with Gasteiger partial charge < -0.3 is 0 Å². The number of nitrogens with one attached hydrogen (secondary N) is 1. The fourth-order valence-electron chi connectivity index (χ4n) is 1.83. The SMILES string of the molecule is CCCCCCCCS(=O)(=O)Nc1ccc([S])cc1. The molecule has 0 spiro atoms. The van der Waals surface area contributed by atoms with E-state index in [4.69, 9.17) is 12.6 Å². The van der Waals surface area contributed by atoms with E-state index >= 15 is 0 Å². The van der Waals surface area contributed by atoms with Crippen molar-refractivity contribution in [1.82, 2.24) is 0 Å². The van der Waals surface area contributed by atoms with Crippen LogP contribution in [0.2, 0.25) is 0 Å². The summed E-state index contributed by atoms with van der Waals surface area (Å²) in [6.45, 7) is 2.17. The summed E-state index contributed by atoms with van der Waals surface area (Å²) in [5.41, 5.74) is 0.583. The molecule has 1 rings (SSSR count). The number of hydrogen-bond acceptors (Lipinski definition) is 2. The Labute approximate surface area is 122 Å². The molecule has 0 aromatic heterocycles. The van der Waals surface area contributed by atoms with Crippen molar-refractivity contribution in [3.63, 3.8) is 0 Å². The number of sulfonamides is 1. The molecule has 107 valence electrons. The summed E-state index contributed by atoms with van der Waals surface area (Å²) >= 11 is 4.96. The van der Waals surface area contributed by atoms with Crippen LogP contribution in [0.15, 0.2) is 29.2 Å². The van der Waals surface area contributed by atoms with Gasteiger partial charge in [-0.05, 0) is 30.7 Å². The van der Waals surface area contributed by atoms with E-state index in [1.165, 1.54) is 19.3 Å². The normalized spacial score (nSPS) is 11.4. The van der Waals surface area contributed by atoms with Crippen LogP contribution in [0.4, 0.5) is 5.69 Å². The van der Waals surface area contributed by atoms with Crippen molar-refractivity contribution in [1.29, 1.82) is 0 Å². The summed E-state index contributed by atoms with van der Waals surface area (Å²) in [5, 5.41) is 0. The van der Waals surface area contributed by atoms with Crippen LogP contribution in [0, 0.1) is 0 Å². The lowest BCUT2D eigenvalue weighted by Crippen LogP contribution is -2.16. The Balaban J connectivity index is 2.30. The van der Waals surface area contributed by atoms with Gasteiger partial charge in [-0.3, -0.25) is 4.72 Å². The quantitative estimate of drug-likeness (QED) is 0.689. The monoisotopic (exact) mass is 300 g/mol. The largest absolute Gasteiger partial charge is 0.284 e. The van der Waals surface area contributed by atoms with Gasteiger partial charge in [0.25, 0.3) is 0 Å². The third-order valence-corrected chi connectivity index (χ3v) is 4.54. The highest BCUT2D eigenvalue weighted by Gasteiger charge is 2.09. The van der Waals surface area contributed by atoms with E-state index in [1.807, 2.05) is 0 Å². The lowest BCUT2D eigenvalue weighted by molar-refractivity contribution is 0.588. The van der Waals surface area contributed by atoms with Crippen LogP contribution in [0.3, 0.4) is 0 Å². The average molecular weight is 300 g/mol. The third-order valence-electron chi connectivity index (χ3n) is 2.89. The van der Waals surface area contributed by atoms with Crippen LogP contribution >= 0.6 is 12.6 Å². The van der Waals surface area contributed by atoms with Crippen LogP contribution in [-0.4, -0.2) is 14.2 Å². The number of unbranched alkanes of at least 4 members (excludes halogenated alkanes) is 5. The minimum absolute atomic E-state index is 0.189. The maximum atomic E-state index is 11.8. The van der Waals surface area contributed by atoms with Crippen LogP contribution in [-0.2, 0) is 10.0 Å². The highest BCUT2D eigenvalue weighted by Crippen LogP contribution is 2.14. The molecule has 1 radical (unpaired) electrons. The topological polar surface area (TPSA) is 46.2 Å². The van der Waals surface area contributed by atoms with Gasteiger partial charge >= 0.3 is 0 Å². The molecule has 0 unspecified atom stereocenters. The lowest BCUT2D eigenvalue weighted by Gasteiger charge is -2.08. The summed E-state index contributed by atoms with van der Waals surface area (Å²) in [6, 6.07) is 6.83. The first-order valence-corrected chi connectivity index (χ1v) is 8.87. The highest BCUT2D eigenvalue weighted by molar-refractivity contribution is 7.92. The molecule has 1 N–H and O–H groups in total. The molecule has 0 saturated carbocycles. The van der Waals surface area contributed by atoms with Crippen molar-refractivity contribution in [2.75, 3.05) is 10.5 Å². The second-order valence-corrected chi connectivity index (χ2v) is 7.03. The van der Waals surface area contributed by atoms with Crippen LogP contribution < -0.4 is 4.72 Å². The molecule has 0 bridgehead atoms. The molecular formula is C14H22NO2S2. The molecule has 19 heavy (non-hydrogen) atoms. The predicted octanol–water partition coefficient (Wildman–Crippen LogP) is 4.35. The van der Waals surface area contributed by atoms with Crippen molar-refractivity contribution in [3.8, 4) is 0 Å². The second kappa shape index (κ2) is 8.38. The zero-order valence-corrected chi connectivity index (χ0v) is 13.0. The first kappa shape index (κ1) is 16.2. The molecule has 3 nitrogen and oxygen atoms in total. The summed E-state index contributed by atoms with van der Waals surface area (Å²) in [4.78, 5) is 0.707. The Hall–Kier alpha value is -0.810. The van der Waals surface area contributed by atoms with E-state index in [1.54, 1.807) is 24.3 Å². The summed E-state index contributed by atoms with van der Waals surface area (Å²) in [5.74, 6) is 0.189. The molecule has 0 amide bonds. The van der Waals surface area contributed by atoms with E-state index in [0.29, 0.717) is 10.6 Å². The molecule has 5 heteroatoms. The Kier molecular flexibility index (Phi) is 7.16. The highest BCUT2D eigenvalue weighted by atomic mass is 32.2. The van der Waals surface area contributed by atoms with E-state index < -0.39 is 10.0 Å². The van der Waals surface area contributed by atoms with Crippen molar-refractivity contribution in [2.45, 2.75) is 50.3 Å². The van der Waals surface area contributed by atoms with Gasteiger partial charge in [0.15, 0.2) is 0 Å². The Bertz CT molecular complexity index is 455.